The Hall–Kier alpha value is -2.48. The first-order chi connectivity index (χ1) is 14.0. The number of carbonyl (C=O) groups excluding carboxylic acids is 1. The second-order valence-corrected chi connectivity index (χ2v) is 8.46. The highest BCUT2D eigenvalue weighted by Gasteiger charge is 2.17. The number of nitro groups is 1. The van der Waals surface area contributed by atoms with Crippen LogP contribution in [-0.4, -0.2) is 18.0 Å². The summed E-state index contributed by atoms with van der Waals surface area (Å²) >= 11 is 8.64. The first-order valence-corrected chi connectivity index (χ1v) is 10.7. The third-order valence-electron chi connectivity index (χ3n) is 3.95. The molecule has 0 spiro atoms. The van der Waals surface area contributed by atoms with E-state index in [-0.39, 0.29) is 10.6 Å². The molecule has 0 aliphatic carbocycles. The zero-order valence-corrected chi connectivity index (χ0v) is 17.7. The van der Waals surface area contributed by atoms with Gasteiger partial charge >= 0.3 is 5.97 Å². The van der Waals surface area contributed by atoms with E-state index in [0.29, 0.717) is 21.2 Å². The molecule has 0 amide bonds. The van der Waals surface area contributed by atoms with Crippen molar-refractivity contribution in [1.29, 1.82) is 0 Å². The molecule has 8 heteroatoms. The van der Waals surface area contributed by atoms with Gasteiger partial charge in [0, 0.05) is 26.6 Å². The lowest BCUT2D eigenvalue weighted by Crippen LogP contribution is -2.02. The SMILES string of the molecule is COC(=O)c1ccccc1SCc1ccc(Sc2ccc(Cl)cc2)c([N+](=O)[O-])c1. The zero-order valence-electron chi connectivity index (χ0n) is 15.3. The van der Waals surface area contributed by atoms with Gasteiger partial charge in [0.1, 0.15) is 0 Å². The Bertz CT molecular complexity index is 1040. The molecule has 3 aromatic carbocycles. The summed E-state index contributed by atoms with van der Waals surface area (Å²) in [5.74, 6) is 0.0783. The van der Waals surface area contributed by atoms with Crippen molar-refractivity contribution in [2.45, 2.75) is 20.4 Å². The molecule has 29 heavy (non-hydrogen) atoms. The smallest absolute Gasteiger partial charge is 0.338 e. The van der Waals surface area contributed by atoms with Gasteiger partial charge in [-0.15, -0.1) is 11.8 Å². The van der Waals surface area contributed by atoms with E-state index >= 15 is 0 Å². The number of halogens is 1. The number of nitro benzene ring substituents is 1. The van der Waals surface area contributed by atoms with Gasteiger partial charge in [0.15, 0.2) is 0 Å². The third kappa shape index (κ3) is 5.53. The van der Waals surface area contributed by atoms with Crippen LogP contribution >= 0.6 is 35.1 Å². The maximum Gasteiger partial charge on any atom is 0.338 e. The van der Waals surface area contributed by atoms with Crippen LogP contribution in [0.15, 0.2) is 81.4 Å². The van der Waals surface area contributed by atoms with Gasteiger partial charge in [-0.1, -0.05) is 41.6 Å². The van der Waals surface area contributed by atoms with Crippen LogP contribution in [0.4, 0.5) is 5.69 Å². The lowest BCUT2D eigenvalue weighted by molar-refractivity contribution is -0.387. The average Bonchev–Trinajstić information content (AvgIpc) is 2.74. The normalized spacial score (nSPS) is 10.6. The van der Waals surface area contributed by atoms with E-state index in [1.54, 1.807) is 36.4 Å². The number of carbonyl (C=O) groups is 1. The predicted octanol–water partition coefficient (Wildman–Crippen LogP) is 6.48. The average molecular weight is 446 g/mol. The van der Waals surface area contributed by atoms with E-state index < -0.39 is 5.97 Å². The highest BCUT2D eigenvalue weighted by molar-refractivity contribution is 7.99. The highest BCUT2D eigenvalue weighted by atomic mass is 35.5. The van der Waals surface area contributed by atoms with Crippen molar-refractivity contribution in [2.75, 3.05) is 7.11 Å². The molecule has 0 N–H and O–H groups in total. The Kier molecular flexibility index (Phi) is 7.19. The number of methoxy groups -OCH3 is 1. The molecule has 3 rings (SSSR count). The largest absolute Gasteiger partial charge is 0.465 e. The van der Waals surface area contributed by atoms with Gasteiger partial charge in [-0.3, -0.25) is 10.1 Å². The first kappa shape index (κ1) is 21.2. The van der Waals surface area contributed by atoms with Gasteiger partial charge in [0.25, 0.3) is 5.69 Å². The van der Waals surface area contributed by atoms with Crippen molar-refractivity contribution in [3.63, 3.8) is 0 Å². The summed E-state index contributed by atoms with van der Waals surface area (Å²) in [7, 11) is 1.34. The molecule has 0 bridgehead atoms. The maximum absolute atomic E-state index is 11.9. The molecule has 5 nitrogen and oxygen atoms in total. The second-order valence-electron chi connectivity index (χ2n) is 5.89. The van der Waals surface area contributed by atoms with Crippen LogP contribution in [0.5, 0.6) is 0 Å². The van der Waals surface area contributed by atoms with Gasteiger partial charge in [-0.2, -0.15) is 0 Å². The Labute approximate surface area is 181 Å². The third-order valence-corrected chi connectivity index (χ3v) is 6.42. The summed E-state index contributed by atoms with van der Waals surface area (Å²) in [6, 6.07) is 19.5. The summed E-state index contributed by atoms with van der Waals surface area (Å²) in [6.07, 6.45) is 0. The molecule has 148 valence electrons. The molecular formula is C21H16ClNO4S2. The predicted molar refractivity (Wildman–Crippen MR) is 116 cm³/mol. The van der Waals surface area contributed by atoms with E-state index in [1.807, 2.05) is 30.3 Å². The zero-order chi connectivity index (χ0) is 20.8. The molecule has 0 atom stereocenters. The van der Waals surface area contributed by atoms with Crippen molar-refractivity contribution in [3.8, 4) is 0 Å². The summed E-state index contributed by atoms with van der Waals surface area (Å²) in [6.45, 7) is 0. The Morgan fingerprint density at radius 1 is 1.07 bits per heavy atom. The van der Waals surface area contributed by atoms with E-state index in [0.717, 1.165) is 15.4 Å². The van der Waals surface area contributed by atoms with E-state index in [2.05, 4.69) is 0 Å². The molecule has 0 aromatic heterocycles. The van der Waals surface area contributed by atoms with Crippen LogP contribution in [0, 0.1) is 10.1 Å². The van der Waals surface area contributed by atoms with Crippen molar-refractivity contribution in [3.05, 3.63) is 93.0 Å². The summed E-state index contributed by atoms with van der Waals surface area (Å²) in [5, 5.41) is 12.2. The molecule has 0 aliphatic heterocycles. The lowest BCUT2D eigenvalue weighted by atomic mass is 10.2. The number of thioether (sulfide) groups is 1. The van der Waals surface area contributed by atoms with E-state index in [1.165, 1.54) is 30.6 Å². The molecular weight excluding hydrogens is 430 g/mol. The topological polar surface area (TPSA) is 69.4 Å². The van der Waals surface area contributed by atoms with Gasteiger partial charge in [0.05, 0.1) is 22.5 Å². The fraction of sp³-hybridized carbons (Fsp3) is 0.0952. The van der Waals surface area contributed by atoms with Crippen molar-refractivity contribution in [2.24, 2.45) is 0 Å². The number of rotatable bonds is 7. The monoisotopic (exact) mass is 445 g/mol. The van der Waals surface area contributed by atoms with Crippen LogP contribution < -0.4 is 0 Å². The molecule has 0 saturated carbocycles. The molecule has 0 aliphatic rings. The summed E-state index contributed by atoms with van der Waals surface area (Å²) < 4.78 is 4.81. The van der Waals surface area contributed by atoms with Crippen molar-refractivity contribution >= 4 is 46.8 Å². The van der Waals surface area contributed by atoms with Gasteiger partial charge in [-0.05, 0) is 48.0 Å². The van der Waals surface area contributed by atoms with Crippen LogP contribution in [0.25, 0.3) is 0 Å². The number of hydrogen-bond acceptors (Lipinski definition) is 6. The quantitative estimate of drug-likeness (QED) is 0.179. The van der Waals surface area contributed by atoms with Crippen LogP contribution in [0.1, 0.15) is 15.9 Å². The fourth-order valence-electron chi connectivity index (χ4n) is 2.54. The van der Waals surface area contributed by atoms with Crippen molar-refractivity contribution in [1.82, 2.24) is 0 Å². The molecule has 0 saturated heterocycles. The number of benzene rings is 3. The maximum atomic E-state index is 11.9. The minimum Gasteiger partial charge on any atom is -0.465 e. The number of ether oxygens (including phenoxy) is 1. The number of nitrogens with zero attached hydrogens (tertiary/aromatic N) is 1. The molecule has 0 radical (unpaired) electrons. The minimum atomic E-state index is -0.409. The summed E-state index contributed by atoms with van der Waals surface area (Å²) in [5.41, 5.74) is 1.32. The van der Waals surface area contributed by atoms with Crippen LogP contribution in [0.3, 0.4) is 0 Å². The van der Waals surface area contributed by atoms with E-state index in [4.69, 9.17) is 16.3 Å². The lowest BCUT2D eigenvalue weighted by Gasteiger charge is -2.09. The number of hydrogen-bond donors (Lipinski definition) is 0. The second kappa shape index (κ2) is 9.82. The number of esters is 1. The molecule has 0 heterocycles. The van der Waals surface area contributed by atoms with Crippen LogP contribution in [-0.2, 0) is 10.5 Å². The van der Waals surface area contributed by atoms with Crippen molar-refractivity contribution < 1.29 is 14.5 Å². The van der Waals surface area contributed by atoms with E-state index in [9.17, 15) is 14.9 Å². The summed E-state index contributed by atoms with van der Waals surface area (Å²) in [4.78, 5) is 25.3. The molecule has 3 aromatic rings. The Balaban J connectivity index is 1.79. The standard InChI is InChI=1S/C21H16ClNO4S2/c1-27-21(24)17-4-2-3-5-19(17)28-13-14-6-11-20(18(12-14)23(25)26)29-16-9-7-15(22)8-10-16/h2-12H,13H2,1H3. The molecule has 0 unspecified atom stereocenters. The molecule has 0 fully saturated rings. The first-order valence-electron chi connectivity index (χ1n) is 8.49. The Morgan fingerprint density at radius 3 is 2.48 bits per heavy atom. The minimum absolute atomic E-state index is 0.0457. The van der Waals surface area contributed by atoms with Gasteiger partial charge in [0.2, 0.25) is 0 Å². The fourth-order valence-corrected chi connectivity index (χ4v) is 4.55. The van der Waals surface area contributed by atoms with Gasteiger partial charge in [-0.25, -0.2) is 4.79 Å². The van der Waals surface area contributed by atoms with Crippen LogP contribution in [0.2, 0.25) is 5.02 Å². The Morgan fingerprint density at radius 2 is 1.79 bits per heavy atom. The highest BCUT2D eigenvalue weighted by Crippen LogP contribution is 2.37. The van der Waals surface area contributed by atoms with Gasteiger partial charge < -0.3 is 4.74 Å².